The molecule has 0 atom stereocenters. The van der Waals surface area contributed by atoms with E-state index < -0.39 is 24.3 Å². The van der Waals surface area contributed by atoms with E-state index in [-0.39, 0.29) is 5.91 Å². The second kappa shape index (κ2) is 13.0. The Hall–Kier alpha value is -3.20. The van der Waals surface area contributed by atoms with Gasteiger partial charge in [-0.15, -0.1) is 0 Å². The Morgan fingerprint density at radius 2 is 1.50 bits per heavy atom. The Bertz CT molecular complexity index is 1030. The highest BCUT2D eigenvalue weighted by Crippen LogP contribution is 2.41. The molecule has 8 nitrogen and oxygen atoms in total. The van der Waals surface area contributed by atoms with Crippen molar-refractivity contribution in [3.63, 3.8) is 0 Å². The van der Waals surface area contributed by atoms with E-state index in [0.717, 1.165) is 51.1 Å². The van der Waals surface area contributed by atoms with Crippen LogP contribution in [0.1, 0.15) is 35.2 Å². The van der Waals surface area contributed by atoms with Crippen molar-refractivity contribution >= 4 is 29.2 Å². The number of likely N-dealkylation sites (tertiary alicyclic amines) is 2. The van der Waals surface area contributed by atoms with Crippen LogP contribution >= 0.6 is 11.3 Å². The van der Waals surface area contributed by atoms with Crippen molar-refractivity contribution in [1.29, 1.82) is 0 Å². The number of halogens is 6. The molecule has 0 radical (unpaired) electrons. The van der Waals surface area contributed by atoms with Gasteiger partial charge in [0.05, 0.1) is 5.56 Å². The molecule has 210 valence electrons. The first kappa shape index (κ1) is 31.0. The number of amides is 1. The van der Waals surface area contributed by atoms with E-state index in [1.807, 2.05) is 40.2 Å². The van der Waals surface area contributed by atoms with Gasteiger partial charge in [-0.05, 0) is 54.3 Å². The highest BCUT2D eigenvalue weighted by Gasteiger charge is 2.41. The number of thiophene rings is 1. The zero-order valence-electron chi connectivity index (χ0n) is 19.8. The van der Waals surface area contributed by atoms with Crippen LogP contribution in [0.25, 0.3) is 0 Å². The summed E-state index contributed by atoms with van der Waals surface area (Å²) in [6.45, 7) is 5.10. The number of pyridine rings is 1. The molecule has 0 aromatic carbocycles. The summed E-state index contributed by atoms with van der Waals surface area (Å²) < 4.78 is 63.5. The predicted octanol–water partition coefficient (Wildman–Crippen LogP) is 4.54. The zero-order valence-corrected chi connectivity index (χ0v) is 20.7. The van der Waals surface area contributed by atoms with Gasteiger partial charge in [0.1, 0.15) is 0 Å². The maximum atomic E-state index is 12.5. The summed E-state index contributed by atoms with van der Waals surface area (Å²) in [5, 5.41) is 18.2. The number of carboxylic acids is 2. The number of nitrogens with zero attached hydrogens (tertiary/aromatic N) is 3. The van der Waals surface area contributed by atoms with Gasteiger partial charge in [-0.25, -0.2) is 9.59 Å². The number of hydrogen-bond donors (Lipinski definition) is 2. The van der Waals surface area contributed by atoms with Gasteiger partial charge < -0.3 is 15.1 Å². The van der Waals surface area contributed by atoms with Gasteiger partial charge in [0.25, 0.3) is 5.91 Å². The van der Waals surface area contributed by atoms with Crippen LogP contribution in [0.2, 0.25) is 0 Å². The molecule has 2 aromatic rings. The maximum absolute atomic E-state index is 12.5. The Morgan fingerprint density at radius 1 is 0.947 bits per heavy atom. The lowest BCUT2D eigenvalue weighted by molar-refractivity contribution is -0.193. The number of alkyl halides is 6. The average molecular weight is 570 g/mol. The van der Waals surface area contributed by atoms with Crippen LogP contribution in [0.5, 0.6) is 0 Å². The third kappa shape index (κ3) is 9.59. The second-order valence-corrected chi connectivity index (χ2v) is 9.51. The second-order valence-electron chi connectivity index (χ2n) is 8.73. The Kier molecular flexibility index (Phi) is 10.6. The van der Waals surface area contributed by atoms with Gasteiger partial charge >= 0.3 is 24.3 Å². The monoisotopic (exact) mass is 569 g/mol. The minimum atomic E-state index is -5.08. The van der Waals surface area contributed by atoms with Crippen LogP contribution in [-0.2, 0) is 16.1 Å². The van der Waals surface area contributed by atoms with Gasteiger partial charge in [0.15, 0.2) is 0 Å². The number of rotatable bonds is 3. The third-order valence-electron chi connectivity index (χ3n) is 6.01. The first-order valence-corrected chi connectivity index (χ1v) is 12.1. The molecule has 2 fully saturated rings. The van der Waals surface area contributed by atoms with E-state index in [1.165, 1.54) is 12.0 Å². The highest BCUT2D eigenvalue weighted by atomic mass is 32.1. The van der Waals surface area contributed by atoms with Crippen molar-refractivity contribution in [2.24, 2.45) is 5.41 Å². The Morgan fingerprint density at radius 3 is 1.95 bits per heavy atom. The van der Waals surface area contributed by atoms with E-state index >= 15 is 0 Å². The Labute approximate surface area is 217 Å². The smallest absolute Gasteiger partial charge is 0.475 e. The number of carboxylic acid groups (broad SMARTS) is 2. The molecular weight excluding hydrogens is 544 g/mol. The fourth-order valence-electron chi connectivity index (χ4n) is 4.07. The predicted molar refractivity (Wildman–Crippen MR) is 123 cm³/mol. The zero-order chi connectivity index (χ0) is 28.6. The summed E-state index contributed by atoms with van der Waals surface area (Å²) >= 11 is 1.59. The summed E-state index contributed by atoms with van der Waals surface area (Å²) in [5.74, 6) is -5.31. The SMILES string of the molecule is O=C(O)C(F)(F)F.O=C(O)C(F)(F)F.O=C(c1ccsc1)N1CCC2(CCN(Cc3cccnc3)C2)CC1. The molecule has 0 unspecified atom stereocenters. The van der Waals surface area contributed by atoms with Crippen LogP contribution in [0.4, 0.5) is 26.3 Å². The lowest BCUT2D eigenvalue weighted by atomic mass is 9.77. The molecule has 1 spiro atoms. The third-order valence-corrected chi connectivity index (χ3v) is 6.69. The van der Waals surface area contributed by atoms with Crippen molar-refractivity contribution in [1.82, 2.24) is 14.8 Å². The van der Waals surface area contributed by atoms with Gasteiger partial charge in [-0.3, -0.25) is 14.7 Å². The lowest BCUT2D eigenvalue weighted by Gasteiger charge is -2.39. The van der Waals surface area contributed by atoms with E-state index in [2.05, 4.69) is 16.0 Å². The quantitative estimate of drug-likeness (QED) is 0.523. The van der Waals surface area contributed by atoms with Gasteiger partial charge in [-0.2, -0.15) is 37.7 Å². The molecule has 2 N–H and O–H groups in total. The molecule has 0 aliphatic carbocycles. The topological polar surface area (TPSA) is 111 Å². The number of piperidine rings is 1. The molecule has 1 amide bonds. The van der Waals surface area contributed by atoms with E-state index in [0.29, 0.717) is 5.41 Å². The van der Waals surface area contributed by atoms with Crippen LogP contribution < -0.4 is 0 Å². The summed E-state index contributed by atoms with van der Waals surface area (Å²) in [7, 11) is 0. The van der Waals surface area contributed by atoms with E-state index in [1.54, 1.807) is 11.3 Å². The van der Waals surface area contributed by atoms with E-state index in [4.69, 9.17) is 19.8 Å². The number of carbonyl (C=O) groups excluding carboxylic acids is 1. The van der Waals surface area contributed by atoms with Crippen molar-refractivity contribution < 1.29 is 50.9 Å². The maximum Gasteiger partial charge on any atom is 0.490 e. The molecule has 2 saturated heterocycles. The molecule has 4 rings (SSSR count). The van der Waals surface area contributed by atoms with Crippen LogP contribution in [0.3, 0.4) is 0 Å². The van der Waals surface area contributed by atoms with Crippen molar-refractivity contribution in [3.8, 4) is 0 Å². The lowest BCUT2D eigenvalue weighted by Crippen LogP contribution is -2.44. The molecule has 0 saturated carbocycles. The summed E-state index contributed by atoms with van der Waals surface area (Å²) in [4.78, 5) is 39.1. The molecule has 15 heteroatoms. The van der Waals surface area contributed by atoms with Crippen molar-refractivity contribution in [3.05, 3.63) is 52.5 Å². The van der Waals surface area contributed by atoms with Gasteiger partial charge in [0, 0.05) is 44.0 Å². The fourth-order valence-corrected chi connectivity index (χ4v) is 4.70. The molecule has 2 aliphatic heterocycles. The minimum absolute atomic E-state index is 0.205. The standard InChI is InChI=1S/C19H23N3OS.2C2HF3O2/c23-18(17-3-11-24-14-17)22-9-5-19(6-10-22)4-8-21(15-19)13-16-2-1-7-20-12-16;2*3-2(4,5)1(6)7/h1-3,7,11-12,14H,4-6,8-10,13,15H2;2*(H,6,7). The number of aromatic nitrogens is 1. The molecule has 0 bridgehead atoms. The van der Waals surface area contributed by atoms with Crippen LogP contribution in [-0.4, -0.2) is 81.4 Å². The average Bonchev–Trinajstić information content (AvgIpc) is 3.50. The van der Waals surface area contributed by atoms with Gasteiger partial charge in [0.2, 0.25) is 0 Å². The largest absolute Gasteiger partial charge is 0.490 e. The van der Waals surface area contributed by atoms with Crippen molar-refractivity contribution in [2.45, 2.75) is 38.2 Å². The highest BCUT2D eigenvalue weighted by molar-refractivity contribution is 7.08. The number of carbonyl (C=O) groups is 3. The minimum Gasteiger partial charge on any atom is -0.475 e. The molecule has 38 heavy (non-hydrogen) atoms. The van der Waals surface area contributed by atoms with Crippen LogP contribution in [0.15, 0.2) is 41.4 Å². The Balaban J connectivity index is 0.000000301. The van der Waals surface area contributed by atoms with E-state index in [9.17, 15) is 31.1 Å². The molecular formula is C23H25F6N3O5S. The van der Waals surface area contributed by atoms with Crippen molar-refractivity contribution in [2.75, 3.05) is 26.2 Å². The summed E-state index contributed by atoms with van der Waals surface area (Å²) in [5.41, 5.74) is 2.55. The van der Waals surface area contributed by atoms with Crippen LogP contribution in [0, 0.1) is 5.41 Å². The normalized spacial score (nSPS) is 17.2. The fraction of sp³-hybridized carbons (Fsp3) is 0.478. The molecule has 4 heterocycles. The molecule has 2 aliphatic rings. The number of hydrogen-bond acceptors (Lipinski definition) is 6. The first-order valence-electron chi connectivity index (χ1n) is 11.2. The summed E-state index contributed by atoms with van der Waals surface area (Å²) in [6.07, 6.45) is -2.85. The first-order chi connectivity index (χ1) is 17.6. The molecule has 2 aromatic heterocycles. The summed E-state index contributed by atoms with van der Waals surface area (Å²) in [6, 6.07) is 6.10. The van der Waals surface area contributed by atoms with Gasteiger partial charge in [-0.1, -0.05) is 6.07 Å². The number of aliphatic carboxylic acids is 2.